The summed E-state index contributed by atoms with van der Waals surface area (Å²) in [7, 11) is -3.34. The Kier molecular flexibility index (Phi) is 6.57. The molecule has 3 aromatic carbocycles. The van der Waals surface area contributed by atoms with Crippen molar-refractivity contribution in [3.63, 3.8) is 0 Å². The molecule has 0 aliphatic heterocycles. The van der Waals surface area contributed by atoms with Crippen molar-refractivity contribution < 1.29 is 18.1 Å². The first-order chi connectivity index (χ1) is 14.7. The van der Waals surface area contributed by atoms with Crippen LogP contribution in [0.2, 0.25) is 5.02 Å². The van der Waals surface area contributed by atoms with Gasteiger partial charge in [0.1, 0.15) is 0 Å². The normalized spacial score (nSPS) is 11.0. The van der Waals surface area contributed by atoms with Crippen LogP contribution in [0, 0.1) is 10.1 Å². The molecule has 3 rings (SSSR count). The lowest BCUT2D eigenvalue weighted by Crippen LogP contribution is -2.14. The predicted molar refractivity (Wildman–Crippen MR) is 121 cm³/mol. The van der Waals surface area contributed by atoms with Crippen molar-refractivity contribution in [3.8, 4) is 11.1 Å². The molecule has 0 aromatic heterocycles. The lowest BCUT2D eigenvalue weighted by molar-refractivity contribution is -0.384. The van der Waals surface area contributed by atoms with E-state index in [0.717, 1.165) is 17.2 Å². The molecule has 3 aromatic rings. The molecular formula is C21H18ClN3O5S. The number of hydrogen-bond acceptors (Lipinski definition) is 5. The number of rotatable bonds is 7. The van der Waals surface area contributed by atoms with E-state index in [1.165, 1.54) is 12.1 Å². The maximum absolute atomic E-state index is 12.5. The third-order valence-electron chi connectivity index (χ3n) is 4.42. The standard InChI is InChI=1S/C21H18ClN3O5S/c1-2-31(29,30)24-17-9-5-15(6-10-17)14-3-7-16(8-4-14)23-21(26)19-13-18(25(27)28)11-12-20(19)22/h3-13,24H,2H2,1H3,(H,23,26). The molecule has 0 unspecified atom stereocenters. The van der Waals surface area contributed by atoms with E-state index >= 15 is 0 Å². The maximum Gasteiger partial charge on any atom is 0.270 e. The van der Waals surface area contributed by atoms with Crippen molar-refractivity contribution in [3.05, 3.63) is 87.4 Å². The highest BCUT2D eigenvalue weighted by atomic mass is 35.5. The van der Waals surface area contributed by atoms with Crippen LogP contribution in [-0.2, 0) is 10.0 Å². The first-order valence-electron chi connectivity index (χ1n) is 9.15. The van der Waals surface area contributed by atoms with E-state index in [9.17, 15) is 23.3 Å². The van der Waals surface area contributed by atoms with Gasteiger partial charge in [-0.3, -0.25) is 19.6 Å². The van der Waals surface area contributed by atoms with Crippen LogP contribution < -0.4 is 10.0 Å². The molecule has 0 heterocycles. The number of carbonyl (C=O) groups is 1. The van der Waals surface area contributed by atoms with Gasteiger partial charge in [0, 0.05) is 23.5 Å². The number of benzene rings is 3. The van der Waals surface area contributed by atoms with Crippen LogP contribution in [0.4, 0.5) is 17.1 Å². The van der Waals surface area contributed by atoms with Crippen LogP contribution in [0.15, 0.2) is 66.7 Å². The Morgan fingerprint density at radius 3 is 2.03 bits per heavy atom. The van der Waals surface area contributed by atoms with Gasteiger partial charge in [0.15, 0.2) is 0 Å². The predicted octanol–water partition coefficient (Wildman–Crippen LogP) is 4.93. The average Bonchev–Trinajstić information content (AvgIpc) is 2.74. The van der Waals surface area contributed by atoms with Crippen molar-refractivity contribution in [2.24, 2.45) is 0 Å². The molecule has 0 aliphatic carbocycles. The zero-order chi connectivity index (χ0) is 22.6. The first-order valence-corrected chi connectivity index (χ1v) is 11.2. The summed E-state index contributed by atoms with van der Waals surface area (Å²) in [6.45, 7) is 1.56. The Bertz CT molecular complexity index is 1230. The van der Waals surface area contributed by atoms with E-state index in [2.05, 4.69) is 10.0 Å². The monoisotopic (exact) mass is 459 g/mol. The summed E-state index contributed by atoms with van der Waals surface area (Å²) in [6, 6.07) is 17.5. The Labute approximate surface area is 184 Å². The minimum atomic E-state index is -3.34. The second-order valence-corrected chi connectivity index (χ2v) is 8.95. The maximum atomic E-state index is 12.5. The summed E-state index contributed by atoms with van der Waals surface area (Å²) in [5.74, 6) is -0.572. The summed E-state index contributed by atoms with van der Waals surface area (Å²) in [4.78, 5) is 22.8. The van der Waals surface area contributed by atoms with E-state index < -0.39 is 20.9 Å². The van der Waals surface area contributed by atoms with Gasteiger partial charge in [0.05, 0.1) is 21.3 Å². The highest BCUT2D eigenvalue weighted by Gasteiger charge is 2.16. The summed E-state index contributed by atoms with van der Waals surface area (Å²) in [6.07, 6.45) is 0. The summed E-state index contributed by atoms with van der Waals surface area (Å²) < 4.78 is 25.8. The lowest BCUT2D eigenvalue weighted by atomic mass is 10.0. The highest BCUT2D eigenvalue weighted by molar-refractivity contribution is 7.92. The second kappa shape index (κ2) is 9.15. The number of amides is 1. The number of sulfonamides is 1. The lowest BCUT2D eigenvalue weighted by Gasteiger charge is -2.09. The molecule has 1 amide bonds. The average molecular weight is 460 g/mol. The minimum absolute atomic E-state index is 0.00469. The third-order valence-corrected chi connectivity index (χ3v) is 6.06. The molecule has 2 N–H and O–H groups in total. The fourth-order valence-electron chi connectivity index (χ4n) is 2.73. The molecule has 8 nitrogen and oxygen atoms in total. The van der Waals surface area contributed by atoms with Crippen LogP contribution in [0.5, 0.6) is 0 Å². The van der Waals surface area contributed by atoms with Crippen molar-refractivity contribution in [2.75, 3.05) is 15.8 Å². The van der Waals surface area contributed by atoms with Gasteiger partial charge in [-0.25, -0.2) is 8.42 Å². The van der Waals surface area contributed by atoms with Crippen molar-refractivity contribution in [2.45, 2.75) is 6.92 Å². The molecule has 0 bridgehead atoms. The van der Waals surface area contributed by atoms with Gasteiger partial charge in [-0.1, -0.05) is 35.9 Å². The SMILES string of the molecule is CCS(=O)(=O)Nc1ccc(-c2ccc(NC(=O)c3cc([N+](=O)[O-])ccc3Cl)cc2)cc1. The Morgan fingerprint density at radius 1 is 0.968 bits per heavy atom. The summed E-state index contributed by atoms with van der Waals surface area (Å²) in [5, 5.41) is 13.7. The van der Waals surface area contributed by atoms with E-state index in [4.69, 9.17) is 11.6 Å². The van der Waals surface area contributed by atoms with Crippen LogP contribution in [0.25, 0.3) is 11.1 Å². The molecule has 160 valence electrons. The number of carbonyl (C=O) groups excluding carboxylic acids is 1. The molecule has 0 saturated carbocycles. The largest absolute Gasteiger partial charge is 0.322 e. The van der Waals surface area contributed by atoms with E-state index in [-0.39, 0.29) is 22.0 Å². The van der Waals surface area contributed by atoms with Crippen molar-refractivity contribution in [1.29, 1.82) is 0 Å². The number of halogens is 1. The molecule has 31 heavy (non-hydrogen) atoms. The van der Waals surface area contributed by atoms with Crippen LogP contribution >= 0.6 is 11.6 Å². The van der Waals surface area contributed by atoms with E-state index in [1.807, 2.05) is 0 Å². The number of nitrogens with zero attached hydrogens (tertiary/aromatic N) is 1. The number of non-ortho nitro benzene ring substituents is 1. The fraction of sp³-hybridized carbons (Fsp3) is 0.0952. The molecule has 0 spiro atoms. The van der Waals surface area contributed by atoms with E-state index in [0.29, 0.717) is 11.4 Å². The number of hydrogen-bond donors (Lipinski definition) is 2. The van der Waals surface area contributed by atoms with Crippen LogP contribution in [0.3, 0.4) is 0 Å². The Hall–Kier alpha value is -3.43. The van der Waals surface area contributed by atoms with Gasteiger partial charge in [-0.05, 0) is 48.4 Å². The topological polar surface area (TPSA) is 118 Å². The van der Waals surface area contributed by atoms with Gasteiger partial charge in [0.2, 0.25) is 10.0 Å². The van der Waals surface area contributed by atoms with Gasteiger partial charge < -0.3 is 5.32 Å². The number of anilines is 2. The smallest absolute Gasteiger partial charge is 0.270 e. The molecule has 0 fully saturated rings. The molecule has 0 radical (unpaired) electrons. The number of nitro benzene ring substituents is 1. The molecule has 0 saturated heterocycles. The summed E-state index contributed by atoms with van der Waals surface area (Å²) in [5.41, 5.74) is 2.46. The second-order valence-electron chi connectivity index (χ2n) is 6.54. The molecule has 0 aliphatic rings. The fourth-order valence-corrected chi connectivity index (χ4v) is 3.57. The summed E-state index contributed by atoms with van der Waals surface area (Å²) >= 11 is 6.00. The van der Waals surface area contributed by atoms with Gasteiger partial charge in [-0.2, -0.15) is 0 Å². The van der Waals surface area contributed by atoms with Crippen molar-refractivity contribution in [1.82, 2.24) is 0 Å². The zero-order valence-corrected chi connectivity index (χ0v) is 17.9. The quantitative estimate of drug-likeness (QED) is 0.383. The Morgan fingerprint density at radius 2 is 1.52 bits per heavy atom. The molecular weight excluding hydrogens is 442 g/mol. The number of nitrogens with one attached hydrogen (secondary N) is 2. The molecule has 10 heteroatoms. The minimum Gasteiger partial charge on any atom is -0.322 e. The van der Waals surface area contributed by atoms with Gasteiger partial charge >= 0.3 is 0 Å². The zero-order valence-electron chi connectivity index (χ0n) is 16.3. The Balaban J connectivity index is 1.73. The highest BCUT2D eigenvalue weighted by Crippen LogP contribution is 2.26. The van der Waals surface area contributed by atoms with Crippen LogP contribution in [0.1, 0.15) is 17.3 Å². The van der Waals surface area contributed by atoms with Crippen LogP contribution in [-0.4, -0.2) is 25.0 Å². The van der Waals surface area contributed by atoms with Gasteiger partial charge in [-0.15, -0.1) is 0 Å². The van der Waals surface area contributed by atoms with E-state index in [1.54, 1.807) is 55.5 Å². The van der Waals surface area contributed by atoms with Gasteiger partial charge in [0.25, 0.3) is 11.6 Å². The first kappa shape index (κ1) is 22.3. The van der Waals surface area contributed by atoms with Crippen molar-refractivity contribution >= 4 is 44.6 Å². The third kappa shape index (κ3) is 5.59. The number of nitro groups is 1. The molecule has 0 atom stereocenters.